The van der Waals surface area contributed by atoms with Gasteiger partial charge in [0, 0.05) is 29.0 Å². The highest BCUT2D eigenvalue weighted by molar-refractivity contribution is 9.10. The molecule has 0 saturated carbocycles. The lowest BCUT2D eigenvalue weighted by Crippen LogP contribution is -2.51. The van der Waals surface area contributed by atoms with Crippen molar-refractivity contribution in [2.75, 3.05) is 19.7 Å². The molecule has 3 rings (SSSR count). The third-order valence-corrected chi connectivity index (χ3v) is 4.16. The number of likely N-dealkylation sites (tertiary alicyclic amines) is 1. The number of fused-ring (bicyclic) bond motifs is 1. The van der Waals surface area contributed by atoms with Gasteiger partial charge in [0.05, 0.1) is 12.0 Å². The van der Waals surface area contributed by atoms with Gasteiger partial charge in [-0.05, 0) is 24.3 Å². The lowest BCUT2D eigenvalue weighted by atomic mass is 9.95. The van der Waals surface area contributed by atoms with Gasteiger partial charge in [-0.25, -0.2) is 0 Å². The van der Waals surface area contributed by atoms with Crippen molar-refractivity contribution in [1.82, 2.24) is 4.90 Å². The lowest BCUT2D eigenvalue weighted by Gasteiger charge is -2.39. The predicted molar refractivity (Wildman–Crippen MR) is 79.9 cm³/mol. The van der Waals surface area contributed by atoms with E-state index < -0.39 is 5.97 Å². The van der Waals surface area contributed by atoms with E-state index in [1.54, 1.807) is 4.90 Å². The van der Waals surface area contributed by atoms with Gasteiger partial charge in [-0.1, -0.05) is 15.9 Å². The van der Waals surface area contributed by atoms with E-state index in [1.807, 2.05) is 24.3 Å². The Bertz CT molecular complexity index is 635. The SMILES string of the molecule is O=C(O)CC1CN(C(=O)C2=Cc3cc(Br)ccc3OC2)C1. The first-order valence-corrected chi connectivity index (χ1v) is 7.46. The van der Waals surface area contributed by atoms with Gasteiger partial charge in [-0.15, -0.1) is 0 Å². The maximum Gasteiger partial charge on any atom is 0.303 e. The number of nitrogens with zero attached hydrogens (tertiary/aromatic N) is 1. The molecule has 0 radical (unpaired) electrons. The zero-order chi connectivity index (χ0) is 15.0. The Kier molecular flexibility index (Phi) is 3.71. The summed E-state index contributed by atoms with van der Waals surface area (Å²) in [5.41, 5.74) is 1.48. The van der Waals surface area contributed by atoms with E-state index in [4.69, 9.17) is 9.84 Å². The molecule has 21 heavy (non-hydrogen) atoms. The van der Waals surface area contributed by atoms with Gasteiger partial charge >= 0.3 is 5.97 Å². The van der Waals surface area contributed by atoms with Crippen molar-refractivity contribution in [3.63, 3.8) is 0 Å². The van der Waals surface area contributed by atoms with Crippen LogP contribution in [0.3, 0.4) is 0 Å². The summed E-state index contributed by atoms with van der Waals surface area (Å²) >= 11 is 3.40. The van der Waals surface area contributed by atoms with Crippen LogP contribution >= 0.6 is 15.9 Å². The molecule has 0 unspecified atom stereocenters. The molecule has 2 aliphatic heterocycles. The van der Waals surface area contributed by atoms with Crippen molar-refractivity contribution in [2.45, 2.75) is 6.42 Å². The van der Waals surface area contributed by atoms with E-state index in [9.17, 15) is 9.59 Å². The quantitative estimate of drug-likeness (QED) is 0.905. The minimum atomic E-state index is -0.814. The average Bonchev–Trinajstić information content (AvgIpc) is 2.40. The normalized spacial score (nSPS) is 17.4. The summed E-state index contributed by atoms with van der Waals surface area (Å²) in [6.07, 6.45) is 1.96. The van der Waals surface area contributed by atoms with Crippen LogP contribution in [-0.4, -0.2) is 41.6 Å². The maximum absolute atomic E-state index is 12.3. The zero-order valence-electron chi connectivity index (χ0n) is 11.2. The summed E-state index contributed by atoms with van der Waals surface area (Å²) < 4.78 is 6.52. The molecule has 1 fully saturated rings. The highest BCUT2D eigenvalue weighted by Gasteiger charge is 2.34. The van der Waals surface area contributed by atoms with Gasteiger partial charge in [-0.3, -0.25) is 9.59 Å². The predicted octanol–water partition coefficient (Wildman–Crippen LogP) is 2.16. The molecule has 110 valence electrons. The summed E-state index contributed by atoms with van der Waals surface area (Å²) in [5.74, 6) is -0.0477. The van der Waals surface area contributed by atoms with Crippen molar-refractivity contribution in [3.05, 3.63) is 33.8 Å². The summed E-state index contributed by atoms with van der Waals surface area (Å²) in [6, 6.07) is 5.67. The highest BCUT2D eigenvalue weighted by Crippen LogP contribution is 2.30. The first-order chi connectivity index (χ1) is 10.0. The Morgan fingerprint density at radius 2 is 2.14 bits per heavy atom. The molecule has 0 spiro atoms. The molecule has 0 atom stereocenters. The van der Waals surface area contributed by atoms with Gasteiger partial charge in [0.15, 0.2) is 0 Å². The molecule has 1 aromatic rings. The number of amides is 1. The van der Waals surface area contributed by atoms with Crippen LogP contribution < -0.4 is 4.74 Å². The number of ether oxygens (including phenoxy) is 1. The second-order valence-corrected chi connectivity index (χ2v) is 6.23. The molecule has 1 aromatic carbocycles. The molecular formula is C15H14BrNO4. The second-order valence-electron chi connectivity index (χ2n) is 5.31. The van der Waals surface area contributed by atoms with Crippen LogP contribution in [0.25, 0.3) is 6.08 Å². The van der Waals surface area contributed by atoms with Gasteiger partial charge < -0.3 is 14.7 Å². The molecule has 1 N–H and O–H groups in total. The smallest absolute Gasteiger partial charge is 0.303 e. The minimum Gasteiger partial charge on any atom is -0.488 e. The molecule has 6 heteroatoms. The monoisotopic (exact) mass is 351 g/mol. The van der Waals surface area contributed by atoms with Crippen LogP contribution in [0.15, 0.2) is 28.2 Å². The number of carboxylic acids is 1. The number of carbonyl (C=O) groups is 2. The van der Waals surface area contributed by atoms with E-state index in [0.717, 1.165) is 15.8 Å². The number of carbonyl (C=O) groups excluding carboxylic acids is 1. The fraction of sp³-hybridized carbons (Fsp3) is 0.333. The molecule has 2 aliphatic rings. The summed E-state index contributed by atoms with van der Waals surface area (Å²) in [7, 11) is 0. The van der Waals surface area contributed by atoms with Crippen molar-refractivity contribution in [1.29, 1.82) is 0 Å². The minimum absolute atomic E-state index is 0.0673. The van der Waals surface area contributed by atoms with Gasteiger partial charge in [0.1, 0.15) is 12.4 Å². The van der Waals surface area contributed by atoms with Crippen LogP contribution in [0.4, 0.5) is 0 Å². The number of aliphatic carboxylic acids is 1. The van der Waals surface area contributed by atoms with E-state index in [0.29, 0.717) is 18.7 Å². The molecule has 0 aliphatic carbocycles. The van der Waals surface area contributed by atoms with Gasteiger partial charge in [0.2, 0.25) is 0 Å². The van der Waals surface area contributed by atoms with Crippen LogP contribution in [0.1, 0.15) is 12.0 Å². The van der Waals surface area contributed by atoms with E-state index in [2.05, 4.69) is 15.9 Å². The van der Waals surface area contributed by atoms with Gasteiger partial charge in [0.25, 0.3) is 5.91 Å². The standard InChI is InChI=1S/C15H14BrNO4/c16-12-1-2-13-10(5-12)4-11(8-21-13)15(20)17-6-9(7-17)3-14(18)19/h1-2,4-5,9H,3,6-8H2,(H,18,19). The molecule has 1 amide bonds. The zero-order valence-corrected chi connectivity index (χ0v) is 12.8. The van der Waals surface area contributed by atoms with E-state index in [-0.39, 0.29) is 24.9 Å². The van der Waals surface area contributed by atoms with E-state index in [1.165, 1.54) is 0 Å². The number of hydrogen-bond acceptors (Lipinski definition) is 3. The maximum atomic E-state index is 12.3. The molecule has 0 bridgehead atoms. The fourth-order valence-electron chi connectivity index (χ4n) is 2.59. The van der Waals surface area contributed by atoms with Crippen molar-refractivity contribution in [3.8, 4) is 5.75 Å². The van der Waals surface area contributed by atoms with Gasteiger partial charge in [-0.2, -0.15) is 0 Å². The third kappa shape index (κ3) is 2.95. The number of halogens is 1. The molecule has 1 saturated heterocycles. The third-order valence-electron chi connectivity index (χ3n) is 3.67. The molecule has 2 heterocycles. The van der Waals surface area contributed by atoms with Crippen LogP contribution in [0.5, 0.6) is 5.75 Å². The molecule has 5 nitrogen and oxygen atoms in total. The number of hydrogen-bond donors (Lipinski definition) is 1. The highest BCUT2D eigenvalue weighted by atomic mass is 79.9. The number of benzene rings is 1. The Balaban J connectivity index is 1.68. The van der Waals surface area contributed by atoms with Crippen molar-refractivity contribution in [2.24, 2.45) is 5.92 Å². The van der Waals surface area contributed by atoms with Crippen LogP contribution in [0, 0.1) is 5.92 Å². The Hall–Kier alpha value is -1.82. The van der Waals surface area contributed by atoms with Crippen molar-refractivity contribution < 1.29 is 19.4 Å². The topological polar surface area (TPSA) is 66.8 Å². The first-order valence-electron chi connectivity index (χ1n) is 6.67. The van der Waals surface area contributed by atoms with Crippen LogP contribution in [-0.2, 0) is 9.59 Å². The molecule has 0 aromatic heterocycles. The van der Waals surface area contributed by atoms with Crippen molar-refractivity contribution >= 4 is 33.9 Å². The van der Waals surface area contributed by atoms with Crippen LogP contribution in [0.2, 0.25) is 0 Å². The summed E-state index contributed by atoms with van der Waals surface area (Å²) in [4.78, 5) is 24.6. The van der Waals surface area contributed by atoms with E-state index >= 15 is 0 Å². The fourth-order valence-corrected chi connectivity index (χ4v) is 2.97. The average molecular weight is 352 g/mol. The first kappa shape index (κ1) is 14.1. The number of carboxylic acid groups (broad SMARTS) is 1. The molecular weight excluding hydrogens is 338 g/mol. The Morgan fingerprint density at radius 3 is 2.86 bits per heavy atom. The number of rotatable bonds is 3. The lowest BCUT2D eigenvalue weighted by molar-refractivity contribution is -0.143. The second kappa shape index (κ2) is 5.52. The Morgan fingerprint density at radius 1 is 1.38 bits per heavy atom. The summed E-state index contributed by atoms with van der Waals surface area (Å²) in [6.45, 7) is 1.27. The largest absolute Gasteiger partial charge is 0.488 e. The Labute approximate surface area is 130 Å². The summed E-state index contributed by atoms with van der Waals surface area (Å²) in [5, 5.41) is 8.72.